The Labute approximate surface area is 105 Å². The van der Waals surface area contributed by atoms with E-state index < -0.39 is 22.2 Å². The molecule has 0 N–H and O–H groups in total. The zero-order valence-corrected chi connectivity index (χ0v) is 10.3. The molecule has 0 aliphatic heterocycles. The highest BCUT2D eigenvalue weighted by molar-refractivity contribution is 9.11. The molecule has 2 rings (SSSR count). The minimum Gasteiger partial charge on any atom is -0.258 e. The molecule has 0 bridgehead atoms. The van der Waals surface area contributed by atoms with E-state index in [1.807, 2.05) is 0 Å². The first-order valence-corrected chi connectivity index (χ1v) is 5.73. The van der Waals surface area contributed by atoms with Crippen LogP contribution in [0.5, 0.6) is 0 Å². The molecule has 1 heterocycles. The molecule has 0 aliphatic rings. The number of rotatable bonds is 2. The van der Waals surface area contributed by atoms with Gasteiger partial charge in [0, 0.05) is 0 Å². The van der Waals surface area contributed by atoms with E-state index in [4.69, 9.17) is 0 Å². The van der Waals surface area contributed by atoms with Crippen molar-refractivity contribution in [3.8, 4) is 10.6 Å². The first-order valence-electron chi connectivity index (χ1n) is 4.12. The molecular formula is C8H2BrF2N3O2S. The topological polar surface area (TPSA) is 68.9 Å². The Bertz CT molecular complexity index is 604. The fourth-order valence-corrected chi connectivity index (χ4v) is 2.30. The zero-order chi connectivity index (χ0) is 12.6. The maximum absolute atomic E-state index is 13.7. The summed E-state index contributed by atoms with van der Waals surface area (Å²) < 4.78 is 27.2. The van der Waals surface area contributed by atoms with E-state index in [0.717, 1.165) is 17.4 Å². The van der Waals surface area contributed by atoms with Gasteiger partial charge < -0.3 is 0 Å². The van der Waals surface area contributed by atoms with E-state index in [1.165, 1.54) is 0 Å². The lowest BCUT2D eigenvalue weighted by molar-refractivity contribution is -0.387. The van der Waals surface area contributed by atoms with Gasteiger partial charge in [0.1, 0.15) is 5.82 Å². The number of benzene rings is 1. The Morgan fingerprint density at radius 3 is 2.59 bits per heavy atom. The van der Waals surface area contributed by atoms with Gasteiger partial charge in [0.15, 0.2) is 8.92 Å². The molecule has 88 valence electrons. The van der Waals surface area contributed by atoms with Crippen molar-refractivity contribution in [3.05, 3.63) is 37.8 Å². The maximum atomic E-state index is 13.7. The van der Waals surface area contributed by atoms with Crippen molar-refractivity contribution in [2.24, 2.45) is 0 Å². The van der Waals surface area contributed by atoms with Gasteiger partial charge in [0.05, 0.1) is 16.6 Å². The van der Waals surface area contributed by atoms with E-state index in [0.29, 0.717) is 9.98 Å². The number of nitro groups is 1. The third-order valence-corrected chi connectivity index (χ3v) is 3.23. The summed E-state index contributed by atoms with van der Waals surface area (Å²) in [7, 11) is 0. The van der Waals surface area contributed by atoms with Crippen LogP contribution in [0.4, 0.5) is 14.5 Å². The van der Waals surface area contributed by atoms with Gasteiger partial charge in [-0.25, -0.2) is 4.39 Å². The van der Waals surface area contributed by atoms with Gasteiger partial charge >= 0.3 is 5.69 Å². The first kappa shape index (κ1) is 12.0. The van der Waals surface area contributed by atoms with Crippen LogP contribution in [0.2, 0.25) is 0 Å². The molecular weight excluding hydrogens is 320 g/mol. The van der Waals surface area contributed by atoms with Crippen LogP contribution in [-0.4, -0.2) is 15.1 Å². The fourth-order valence-electron chi connectivity index (χ4n) is 1.18. The number of nitrogens with zero attached hydrogens (tertiary/aromatic N) is 3. The summed E-state index contributed by atoms with van der Waals surface area (Å²) in [6, 6.07) is 1.37. The van der Waals surface area contributed by atoms with Gasteiger partial charge in [-0.15, -0.1) is 10.2 Å². The second kappa shape index (κ2) is 4.41. The van der Waals surface area contributed by atoms with Gasteiger partial charge in [-0.3, -0.25) is 10.1 Å². The summed E-state index contributed by atoms with van der Waals surface area (Å²) in [5.74, 6) is -2.03. The van der Waals surface area contributed by atoms with Gasteiger partial charge in [-0.1, -0.05) is 11.3 Å². The van der Waals surface area contributed by atoms with Crippen LogP contribution >= 0.6 is 27.3 Å². The van der Waals surface area contributed by atoms with Crippen molar-refractivity contribution < 1.29 is 13.7 Å². The van der Waals surface area contributed by atoms with Crippen molar-refractivity contribution >= 4 is 33.0 Å². The van der Waals surface area contributed by atoms with Gasteiger partial charge in [0.2, 0.25) is 5.82 Å². The maximum Gasteiger partial charge on any atom is 0.308 e. The largest absolute Gasteiger partial charge is 0.308 e. The molecule has 1 aromatic carbocycles. The third-order valence-electron chi connectivity index (χ3n) is 1.85. The number of hydrogen-bond acceptors (Lipinski definition) is 5. The molecule has 1 aromatic heterocycles. The zero-order valence-electron chi connectivity index (χ0n) is 7.85. The second-order valence-electron chi connectivity index (χ2n) is 2.90. The lowest BCUT2D eigenvalue weighted by Crippen LogP contribution is -1.96. The minimum atomic E-state index is -1.12. The smallest absolute Gasteiger partial charge is 0.258 e. The molecule has 0 amide bonds. The van der Waals surface area contributed by atoms with Gasteiger partial charge in [-0.05, 0) is 22.0 Å². The molecule has 9 heteroatoms. The number of nitro benzene ring substituents is 1. The highest BCUT2D eigenvalue weighted by atomic mass is 79.9. The molecule has 5 nitrogen and oxygen atoms in total. The van der Waals surface area contributed by atoms with Crippen molar-refractivity contribution in [1.29, 1.82) is 0 Å². The summed E-state index contributed by atoms with van der Waals surface area (Å²) in [6.45, 7) is 0. The highest BCUT2D eigenvalue weighted by Gasteiger charge is 2.23. The van der Waals surface area contributed by atoms with E-state index >= 15 is 0 Å². The fraction of sp³-hybridized carbons (Fsp3) is 0. The van der Waals surface area contributed by atoms with Crippen LogP contribution in [0.1, 0.15) is 0 Å². The Morgan fingerprint density at radius 1 is 1.35 bits per heavy atom. The average Bonchev–Trinajstić information content (AvgIpc) is 2.67. The molecule has 0 atom stereocenters. The van der Waals surface area contributed by atoms with Crippen LogP contribution in [0.3, 0.4) is 0 Å². The molecule has 2 aromatic rings. The normalized spacial score (nSPS) is 10.5. The van der Waals surface area contributed by atoms with Crippen molar-refractivity contribution in [3.63, 3.8) is 0 Å². The van der Waals surface area contributed by atoms with Crippen molar-refractivity contribution in [2.75, 3.05) is 0 Å². The Hall–Kier alpha value is -1.48. The lowest BCUT2D eigenvalue weighted by Gasteiger charge is -2.00. The molecule has 0 fully saturated rings. The summed E-state index contributed by atoms with van der Waals surface area (Å²) in [4.78, 5) is 9.53. The lowest BCUT2D eigenvalue weighted by atomic mass is 10.2. The quantitative estimate of drug-likeness (QED) is 0.629. The third kappa shape index (κ3) is 2.29. The van der Waals surface area contributed by atoms with Crippen LogP contribution in [0.25, 0.3) is 10.6 Å². The number of aromatic nitrogens is 2. The molecule has 0 aliphatic carbocycles. The highest BCUT2D eigenvalue weighted by Crippen LogP contribution is 2.33. The molecule has 0 spiro atoms. The van der Waals surface area contributed by atoms with E-state index in [9.17, 15) is 18.9 Å². The van der Waals surface area contributed by atoms with Crippen LogP contribution in [0.15, 0.2) is 16.0 Å². The average molecular weight is 322 g/mol. The standard InChI is InChI=1S/C8H2BrF2N3O2S/c9-8-13-12-7(17-8)4-1-3(10)2-5(6(4)11)14(15)16/h1-2H. The van der Waals surface area contributed by atoms with Crippen LogP contribution < -0.4 is 0 Å². The molecule has 0 saturated heterocycles. The molecule has 0 radical (unpaired) electrons. The van der Waals surface area contributed by atoms with Crippen LogP contribution in [-0.2, 0) is 0 Å². The Balaban J connectivity index is 2.66. The summed E-state index contributed by atoms with van der Waals surface area (Å²) in [5.41, 5.74) is -1.20. The Kier molecular flexibility index (Phi) is 3.11. The van der Waals surface area contributed by atoms with Crippen LogP contribution in [0, 0.1) is 21.7 Å². The predicted octanol–water partition coefficient (Wildman–Crippen LogP) is 3.15. The summed E-state index contributed by atoms with van der Waals surface area (Å²) in [6.07, 6.45) is 0. The van der Waals surface area contributed by atoms with Gasteiger partial charge in [0.25, 0.3) is 0 Å². The minimum absolute atomic E-state index is 0.0666. The summed E-state index contributed by atoms with van der Waals surface area (Å²) >= 11 is 3.96. The predicted molar refractivity (Wildman–Crippen MR) is 59.6 cm³/mol. The second-order valence-corrected chi connectivity index (χ2v) is 5.16. The number of hydrogen-bond donors (Lipinski definition) is 0. The molecule has 0 saturated carbocycles. The van der Waals surface area contributed by atoms with Crippen molar-refractivity contribution in [1.82, 2.24) is 10.2 Å². The van der Waals surface area contributed by atoms with Crippen molar-refractivity contribution in [2.45, 2.75) is 0 Å². The van der Waals surface area contributed by atoms with E-state index in [-0.39, 0.29) is 10.6 Å². The van der Waals surface area contributed by atoms with Gasteiger partial charge in [-0.2, -0.15) is 4.39 Å². The molecule has 17 heavy (non-hydrogen) atoms. The summed E-state index contributed by atoms with van der Waals surface area (Å²) in [5, 5.41) is 17.7. The SMILES string of the molecule is O=[N+]([O-])c1cc(F)cc(-c2nnc(Br)s2)c1F. The molecule has 0 unspecified atom stereocenters. The number of halogens is 3. The Morgan fingerprint density at radius 2 is 2.06 bits per heavy atom. The first-order chi connectivity index (χ1) is 7.99. The monoisotopic (exact) mass is 321 g/mol. The van der Waals surface area contributed by atoms with E-state index in [2.05, 4.69) is 26.1 Å². The van der Waals surface area contributed by atoms with E-state index in [1.54, 1.807) is 0 Å².